The first-order valence-corrected chi connectivity index (χ1v) is 22.1. The van der Waals surface area contributed by atoms with Crippen LogP contribution in [0.5, 0.6) is 5.75 Å². The number of phenols is 1. The molecular weight excluding hydrogens is 875 g/mol. The van der Waals surface area contributed by atoms with E-state index in [2.05, 4.69) is 37.2 Å². The Morgan fingerprint density at radius 2 is 1.40 bits per heavy atom. The third-order valence-electron chi connectivity index (χ3n) is 9.98. The van der Waals surface area contributed by atoms with Crippen LogP contribution in [0, 0.1) is 5.92 Å². The standard InChI is InChI=1S/C41H61N9O14S/c1-22(2)17-26-38(62)48-27(18-23-10-12-24(51)13-11-23)39(63)50-41(3,15-14-34(57)58)40(64)49-28(19-30(42)52)36(60)44-16-5-4-8-31(53)46-29(35(43)59)20-65-21-32(54)45-25(37(61)47-26)7-6-9-33(55)56/h10-13,22,25-29,51H,4-9,14-21H2,1-3H3,(H2,42,52)(H2,43,59)(H,44,60)(H,45,54)(H,46,53)(H,47,61)(H,48,62)(H,49,64)(H,50,63)(H,55,56)(H,57,58)/t25-,26-,27-,28-,29-,41+/m0/s1. The average molecular weight is 936 g/mol. The third-order valence-corrected chi connectivity index (χ3v) is 11.0. The summed E-state index contributed by atoms with van der Waals surface area (Å²) >= 11 is 0.907. The number of hydrogen-bond acceptors (Lipinski definition) is 13. The van der Waals surface area contributed by atoms with Crippen molar-refractivity contribution in [2.24, 2.45) is 17.4 Å². The molecule has 0 aliphatic carbocycles. The van der Waals surface area contributed by atoms with Gasteiger partial charge in [-0.25, -0.2) is 0 Å². The Balaban J connectivity index is 2.66. The second-order valence-electron chi connectivity index (χ2n) is 16.2. The molecule has 0 spiro atoms. The van der Waals surface area contributed by atoms with E-state index in [1.807, 2.05) is 0 Å². The highest BCUT2D eigenvalue weighted by Crippen LogP contribution is 2.18. The Bertz CT molecular complexity index is 1900. The van der Waals surface area contributed by atoms with Gasteiger partial charge < -0.3 is 64.0 Å². The number of thioether (sulfide) groups is 1. The van der Waals surface area contributed by atoms with Gasteiger partial charge in [0.2, 0.25) is 53.2 Å². The number of benzene rings is 1. The van der Waals surface area contributed by atoms with Gasteiger partial charge in [-0.05, 0) is 69.1 Å². The van der Waals surface area contributed by atoms with Crippen molar-refractivity contribution in [2.45, 2.75) is 127 Å². The van der Waals surface area contributed by atoms with E-state index in [1.165, 1.54) is 31.2 Å². The van der Waals surface area contributed by atoms with Gasteiger partial charge in [0.05, 0.1) is 12.2 Å². The molecule has 0 radical (unpaired) electrons. The van der Waals surface area contributed by atoms with Crippen LogP contribution in [-0.2, 0) is 59.2 Å². The van der Waals surface area contributed by atoms with E-state index in [-0.39, 0.29) is 81.1 Å². The summed E-state index contributed by atoms with van der Waals surface area (Å²) in [6.45, 7) is 4.59. The van der Waals surface area contributed by atoms with Gasteiger partial charge in [0.15, 0.2) is 0 Å². The molecule has 1 heterocycles. The number of nitrogens with two attached hydrogens (primary N) is 2. The monoisotopic (exact) mass is 935 g/mol. The van der Waals surface area contributed by atoms with Crippen molar-refractivity contribution in [2.75, 3.05) is 18.1 Å². The van der Waals surface area contributed by atoms with Crippen LogP contribution in [0.25, 0.3) is 0 Å². The Hall–Kier alpha value is -6.46. The number of hydrogen-bond donors (Lipinski definition) is 12. The lowest BCUT2D eigenvalue weighted by atomic mass is 9.92. The minimum absolute atomic E-state index is 0.0148. The largest absolute Gasteiger partial charge is 0.508 e. The molecule has 6 atom stereocenters. The van der Waals surface area contributed by atoms with Crippen LogP contribution in [-0.4, -0.2) is 134 Å². The summed E-state index contributed by atoms with van der Waals surface area (Å²) < 4.78 is 0. The van der Waals surface area contributed by atoms with Crippen LogP contribution in [0.15, 0.2) is 24.3 Å². The summed E-state index contributed by atoms with van der Waals surface area (Å²) in [6.07, 6.45) is -2.55. The van der Waals surface area contributed by atoms with Crippen LogP contribution in [0.4, 0.5) is 0 Å². The number of carbonyl (C=O) groups is 11. The molecule has 23 nitrogen and oxygen atoms in total. The maximum Gasteiger partial charge on any atom is 0.303 e. The molecule has 0 saturated carbocycles. The van der Waals surface area contributed by atoms with Crippen molar-refractivity contribution in [3.8, 4) is 5.75 Å². The van der Waals surface area contributed by atoms with E-state index in [0.717, 1.165) is 11.8 Å². The van der Waals surface area contributed by atoms with E-state index in [0.29, 0.717) is 5.56 Å². The van der Waals surface area contributed by atoms with Gasteiger partial charge >= 0.3 is 11.9 Å². The predicted molar refractivity (Wildman–Crippen MR) is 233 cm³/mol. The zero-order valence-corrected chi connectivity index (χ0v) is 37.4. The SMILES string of the molecule is CC(C)C[C@@H]1NC(=O)[C@H](CCCC(=O)O)NC(=O)CSC[C@@H](C(N)=O)NC(=O)CCCCNC(=O)[C@H](CC(N)=O)NC(=O)[C@@](C)(CCC(=O)O)NC(=O)[C@H](Cc2ccc(O)cc2)NC1=O. The molecule has 1 aromatic carbocycles. The fourth-order valence-electron chi connectivity index (χ4n) is 6.44. The number of phenolic OH excluding ortho intramolecular Hbond substituents is 1. The Kier molecular flexibility index (Phi) is 22.7. The molecule has 9 amide bonds. The topological polar surface area (TPSA) is 385 Å². The van der Waals surface area contributed by atoms with Gasteiger partial charge in [0, 0.05) is 38.0 Å². The minimum atomic E-state index is -2.12. The second kappa shape index (κ2) is 27.0. The maximum atomic E-state index is 14.3. The van der Waals surface area contributed by atoms with E-state index >= 15 is 0 Å². The fourth-order valence-corrected chi connectivity index (χ4v) is 7.31. The van der Waals surface area contributed by atoms with Crippen LogP contribution in [0.1, 0.15) is 90.5 Å². The van der Waals surface area contributed by atoms with E-state index in [4.69, 9.17) is 11.5 Å². The summed E-state index contributed by atoms with van der Waals surface area (Å²) in [6, 6.07) is -1.54. The quantitative estimate of drug-likeness (QED) is 0.0942. The van der Waals surface area contributed by atoms with Gasteiger partial charge in [0.25, 0.3) is 0 Å². The van der Waals surface area contributed by atoms with Gasteiger partial charge in [-0.3, -0.25) is 52.7 Å². The van der Waals surface area contributed by atoms with Crippen molar-refractivity contribution in [1.29, 1.82) is 0 Å². The normalized spacial score (nSPS) is 24.1. The predicted octanol–water partition coefficient (Wildman–Crippen LogP) is -2.21. The van der Waals surface area contributed by atoms with Crippen molar-refractivity contribution < 1.29 is 68.1 Å². The number of rotatable bonds is 14. The number of aliphatic carboxylic acids is 2. The molecule has 0 unspecified atom stereocenters. The highest BCUT2D eigenvalue weighted by atomic mass is 32.2. The molecule has 1 aliphatic heterocycles. The van der Waals surface area contributed by atoms with E-state index < -0.39 is 120 Å². The van der Waals surface area contributed by atoms with Crippen LogP contribution in [0.3, 0.4) is 0 Å². The molecule has 1 fully saturated rings. The fraction of sp³-hybridized carbons (Fsp3) is 0.585. The summed E-state index contributed by atoms with van der Waals surface area (Å²) in [5, 5.41) is 46.3. The number of carboxylic acid groups (broad SMARTS) is 2. The Morgan fingerprint density at radius 3 is 2.00 bits per heavy atom. The van der Waals surface area contributed by atoms with Crippen molar-refractivity contribution >= 4 is 76.9 Å². The first kappa shape index (κ1) is 54.7. The van der Waals surface area contributed by atoms with Crippen LogP contribution >= 0.6 is 11.8 Å². The number of primary amides is 2. The lowest BCUT2D eigenvalue weighted by molar-refractivity contribution is -0.141. The van der Waals surface area contributed by atoms with E-state index in [1.54, 1.807) is 13.8 Å². The molecule has 1 saturated heterocycles. The summed E-state index contributed by atoms with van der Waals surface area (Å²) in [4.78, 5) is 143. The molecule has 0 aromatic heterocycles. The molecule has 14 N–H and O–H groups in total. The highest BCUT2D eigenvalue weighted by molar-refractivity contribution is 8.00. The number of carboxylic acids is 2. The molecule has 24 heteroatoms. The van der Waals surface area contributed by atoms with Gasteiger partial charge in [-0.2, -0.15) is 0 Å². The summed E-state index contributed by atoms with van der Waals surface area (Å²) in [7, 11) is 0. The Morgan fingerprint density at radius 1 is 0.769 bits per heavy atom. The second-order valence-corrected chi connectivity index (χ2v) is 17.3. The van der Waals surface area contributed by atoms with Gasteiger partial charge in [-0.15, -0.1) is 11.8 Å². The average Bonchev–Trinajstić information content (AvgIpc) is 3.21. The number of carbonyl (C=O) groups excluding carboxylic acids is 9. The molecular formula is C41H61N9O14S. The molecule has 2 rings (SSSR count). The van der Waals surface area contributed by atoms with E-state index in [9.17, 15) is 68.1 Å². The maximum absolute atomic E-state index is 14.3. The Labute approximate surface area is 379 Å². The molecule has 360 valence electrons. The summed E-state index contributed by atoms with van der Waals surface area (Å²) in [5.74, 6) is -11.3. The molecule has 1 aromatic rings. The highest BCUT2D eigenvalue weighted by Gasteiger charge is 2.40. The third kappa shape index (κ3) is 20.7. The van der Waals surface area contributed by atoms with Crippen molar-refractivity contribution in [3.05, 3.63) is 29.8 Å². The first-order chi connectivity index (χ1) is 30.5. The number of amides is 9. The van der Waals surface area contributed by atoms with Gasteiger partial charge in [0.1, 0.15) is 41.5 Å². The summed E-state index contributed by atoms with van der Waals surface area (Å²) in [5.41, 5.74) is 9.16. The van der Waals surface area contributed by atoms with Crippen molar-refractivity contribution in [3.63, 3.8) is 0 Å². The van der Waals surface area contributed by atoms with Crippen molar-refractivity contribution in [1.82, 2.24) is 37.2 Å². The minimum Gasteiger partial charge on any atom is -0.508 e. The zero-order valence-electron chi connectivity index (χ0n) is 36.6. The lowest BCUT2D eigenvalue weighted by Crippen LogP contribution is -2.64. The lowest BCUT2D eigenvalue weighted by Gasteiger charge is -2.33. The number of nitrogens with one attached hydrogen (secondary N) is 7. The van der Waals surface area contributed by atoms with Crippen LogP contribution < -0.4 is 48.7 Å². The smallest absolute Gasteiger partial charge is 0.303 e. The zero-order chi connectivity index (χ0) is 48.9. The van der Waals surface area contributed by atoms with Crippen LogP contribution in [0.2, 0.25) is 0 Å². The molecule has 0 bridgehead atoms. The molecule has 1 aliphatic rings. The molecule has 65 heavy (non-hydrogen) atoms. The van der Waals surface area contributed by atoms with Gasteiger partial charge in [-0.1, -0.05) is 26.0 Å². The number of aromatic hydroxyl groups is 1. The first-order valence-electron chi connectivity index (χ1n) is 21.0.